The lowest BCUT2D eigenvalue weighted by Crippen LogP contribution is -2.34. The molecule has 1 N–H and O–H groups in total. The quantitative estimate of drug-likeness (QED) is 0.633. The predicted octanol–water partition coefficient (Wildman–Crippen LogP) is 4.66. The Labute approximate surface area is 130 Å². The summed E-state index contributed by atoms with van der Waals surface area (Å²) in [6.07, 6.45) is 8.03. The third-order valence-corrected chi connectivity index (χ3v) is 4.90. The largest absolute Gasteiger partial charge is 0.353 e. The highest BCUT2D eigenvalue weighted by molar-refractivity contribution is 7.99. The maximum absolute atomic E-state index is 11.9. The highest BCUT2D eigenvalue weighted by Crippen LogP contribution is 2.21. The van der Waals surface area contributed by atoms with E-state index in [-0.39, 0.29) is 5.91 Å². The molecule has 2 nitrogen and oxygen atoms in total. The van der Waals surface area contributed by atoms with Crippen LogP contribution in [0.4, 0.5) is 0 Å². The van der Waals surface area contributed by atoms with Gasteiger partial charge in [-0.1, -0.05) is 37.3 Å². The molecule has 1 aromatic rings. The molecule has 0 spiro atoms. The number of rotatable bonds is 5. The zero-order chi connectivity index (χ0) is 14.2. The lowest BCUT2D eigenvalue weighted by Gasteiger charge is -2.16. The third-order valence-electron chi connectivity index (χ3n) is 3.63. The van der Waals surface area contributed by atoms with Crippen LogP contribution in [0.3, 0.4) is 0 Å². The zero-order valence-electron chi connectivity index (χ0n) is 11.7. The Balaban J connectivity index is 1.65. The van der Waals surface area contributed by atoms with Crippen LogP contribution in [0.2, 0.25) is 5.02 Å². The first kappa shape index (κ1) is 15.7. The average Bonchev–Trinajstić information content (AvgIpc) is 2.70. The molecule has 0 atom stereocenters. The minimum absolute atomic E-state index is 0.193. The van der Waals surface area contributed by atoms with Crippen LogP contribution in [0.25, 0.3) is 0 Å². The Hall–Kier alpha value is -0.670. The molecule has 0 bridgehead atoms. The number of thioether (sulfide) groups is 1. The second-order valence-electron chi connectivity index (χ2n) is 5.31. The lowest BCUT2D eigenvalue weighted by atomic mass is 10.1. The molecule has 1 aromatic carbocycles. The van der Waals surface area contributed by atoms with Gasteiger partial charge in [-0.25, -0.2) is 0 Å². The third kappa shape index (κ3) is 5.76. The Morgan fingerprint density at radius 2 is 1.80 bits per heavy atom. The van der Waals surface area contributed by atoms with E-state index in [1.54, 1.807) is 11.8 Å². The van der Waals surface area contributed by atoms with Crippen molar-refractivity contribution in [2.75, 3.05) is 5.75 Å². The summed E-state index contributed by atoms with van der Waals surface area (Å²) in [4.78, 5) is 13.1. The normalized spacial score (nSPS) is 16.6. The summed E-state index contributed by atoms with van der Waals surface area (Å²) in [7, 11) is 0. The highest BCUT2D eigenvalue weighted by atomic mass is 35.5. The van der Waals surface area contributed by atoms with Crippen LogP contribution in [0.15, 0.2) is 29.2 Å². The minimum atomic E-state index is 0.193. The fourth-order valence-corrected chi connectivity index (χ4v) is 3.49. The van der Waals surface area contributed by atoms with Crippen LogP contribution < -0.4 is 5.32 Å². The van der Waals surface area contributed by atoms with Gasteiger partial charge in [-0.05, 0) is 37.1 Å². The van der Waals surface area contributed by atoms with E-state index in [0.717, 1.165) is 28.5 Å². The van der Waals surface area contributed by atoms with Gasteiger partial charge < -0.3 is 5.32 Å². The first-order valence-electron chi connectivity index (χ1n) is 7.42. The van der Waals surface area contributed by atoms with Gasteiger partial charge in [0.15, 0.2) is 0 Å². The van der Waals surface area contributed by atoms with E-state index in [2.05, 4.69) is 5.32 Å². The minimum Gasteiger partial charge on any atom is -0.353 e. The van der Waals surface area contributed by atoms with E-state index < -0.39 is 0 Å². The molecule has 1 aliphatic carbocycles. The molecule has 0 aliphatic heterocycles. The Morgan fingerprint density at radius 1 is 1.15 bits per heavy atom. The zero-order valence-corrected chi connectivity index (χ0v) is 13.3. The van der Waals surface area contributed by atoms with Crippen LogP contribution in [0, 0.1) is 0 Å². The van der Waals surface area contributed by atoms with Crippen molar-refractivity contribution in [2.24, 2.45) is 0 Å². The highest BCUT2D eigenvalue weighted by Gasteiger charge is 2.14. The van der Waals surface area contributed by atoms with Gasteiger partial charge in [-0.2, -0.15) is 0 Å². The Morgan fingerprint density at radius 3 is 2.45 bits per heavy atom. The van der Waals surface area contributed by atoms with Crippen LogP contribution in [0.1, 0.15) is 44.9 Å². The fourth-order valence-electron chi connectivity index (χ4n) is 2.52. The van der Waals surface area contributed by atoms with Crippen molar-refractivity contribution in [3.8, 4) is 0 Å². The molecule has 0 saturated heterocycles. The van der Waals surface area contributed by atoms with Crippen molar-refractivity contribution in [2.45, 2.75) is 55.9 Å². The number of hydrogen-bond acceptors (Lipinski definition) is 2. The molecule has 110 valence electrons. The molecule has 0 heterocycles. The van der Waals surface area contributed by atoms with Crippen molar-refractivity contribution in [3.05, 3.63) is 29.3 Å². The Kier molecular flexibility index (Phi) is 6.74. The summed E-state index contributed by atoms with van der Waals surface area (Å²) in [6.45, 7) is 0. The second kappa shape index (κ2) is 8.58. The molecular formula is C16H22ClNOS. The molecule has 0 aromatic heterocycles. The van der Waals surface area contributed by atoms with Gasteiger partial charge in [0.25, 0.3) is 0 Å². The van der Waals surface area contributed by atoms with Gasteiger partial charge >= 0.3 is 0 Å². The standard InChI is InChI=1S/C16H22ClNOS/c17-13-7-9-15(10-8-13)20-12-11-16(19)18-14-5-3-1-2-4-6-14/h7-10,14H,1-6,11-12H2,(H,18,19). The number of benzene rings is 1. The summed E-state index contributed by atoms with van der Waals surface area (Å²) in [5.41, 5.74) is 0. The lowest BCUT2D eigenvalue weighted by molar-refractivity contribution is -0.121. The summed E-state index contributed by atoms with van der Waals surface area (Å²) < 4.78 is 0. The van der Waals surface area contributed by atoms with Crippen molar-refractivity contribution in [1.82, 2.24) is 5.32 Å². The molecular weight excluding hydrogens is 290 g/mol. The number of halogens is 1. The van der Waals surface area contributed by atoms with E-state index in [1.807, 2.05) is 24.3 Å². The van der Waals surface area contributed by atoms with Gasteiger partial charge in [0.2, 0.25) is 5.91 Å². The van der Waals surface area contributed by atoms with Gasteiger partial charge in [0, 0.05) is 28.1 Å². The molecule has 2 rings (SSSR count). The summed E-state index contributed by atoms with van der Waals surface area (Å²) in [6, 6.07) is 8.17. The topological polar surface area (TPSA) is 29.1 Å². The second-order valence-corrected chi connectivity index (χ2v) is 6.91. The van der Waals surface area contributed by atoms with E-state index >= 15 is 0 Å². The van der Waals surface area contributed by atoms with E-state index in [0.29, 0.717) is 12.5 Å². The van der Waals surface area contributed by atoms with Crippen LogP contribution in [-0.2, 0) is 4.79 Å². The van der Waals surface area contributed by atoms with Gasteiger partial charge in [-0.3, -0.25) is 4.79 Å². The maximum Gasteiger partial charge on any atom is 0.221 e. The number of carbonyl (C=O) groups excluding carboxylic acids is 1. The average molecular weight is 312 g/mol. The number of carbonyl (C=O) groups is 1. The van der Waals surface area contributed by atoms with Crippen molar-refractivity contribution in [1.29, 1.82) is 0 Å². The monoisotopic (exact) mass is 311 g/mol. The molecule has 1 aliphatic rings. The molecule has 1 fully saturated rings. The van der Waals surface area contributed by atoms with E-state index in [9.17, 15) is 4.79 Å². The molecule has 20 heavy (non-hydrogen) atoms. The van der Waals surface area contributed by atoms with Gasteiger partial charge in [-0.15, -0.1) is 11.8 Å². The first-order chi connectivity index (χ1) is 9.74. The number of hydrogen-bond donors (Lipinski definition) is 1. The van der Waals surface area contributed by atoms with Crippen LogP contribution >= 0.6 is 23.4 Å². The van der Waals surface area contributed by atoms with E-state index in [4.69, 9.17) is 11.6 Å². The molecule has 1 saturated carbocycles. The van der Waals surface area contributed by atoms with Gasteiger partial charge in [0.05, 0.1) is 0 Å². The Bertz CT molecular complexity index is 413. The summed E-state index contributed by atoms with van der Waals surface area (Å²) in [5.74, 6) is 1.01. The molecule has 0 unspecified atom stereocenters. The van der Waals surface area contributed by atoms with Crippen molar-refractivity contribution < 1.29 is 4.79 Å². The van der Waals surface area contributed by atoms with Crippen LogP contribution in [-0.4, -0.2) is 17.7 Å². The van der Waals surface area contributed by atoms with Crippen molar-refractivity contribution in [3.63, 3.8) is 0 Å². The maximum atomic E-state index is 11.9. The first-order valence-corrected chi connectivity index (χ1v) is 8.78. The predicted molar refractivity (Wildman–Crippen MR) is 86.4 cm³/mol. The molecule has 1 amide bonds. The smallest absolute Gasteiger partial charge is 0.221 e. The SMILES string of the molecule is O=C(CCSc1ccc(Cl)cc1)NC1CCCCCC1. The van der Waals surface area contributed by atoms with Crippen molar-refractivity contribution >= 4 is 29.3 Å². The fraction of sp³-hybridized carbons (Fsp3) is 0.562. The summed E-state index contributed by atoms with van der Waals surface area (Å²) >= 11 is 7.55. The van der Waals surface area contributed by atoms with Gasteiger partial charge in [0.1, 0.15) is 0 Å². The van der Waals surface area contributed by atoms with Crippen LogP contribution in [0.5, 0.6) is 0 Å². The molecule has 0 radical (unpaired) electrons. The number of nitrogens with one attached hydrogen (secondary N) is 1. The van der Waals surface area contributed by atoms with E-state index in [1.165, 1.54) is 25.7 Å². The number of amides is 1. The summed E-state index contributed by atoms with van der Waals surface area (Å²) in [5, 5.41) is 3.93. The molecule has 4 heteroatoms.